The molecule has 0 aliphatic heterocycles. The summed E-state index contributed by atoms with van der Waals surface area (Å²) in [6.07, 6.45) is 1.53. The lowest BCUT2D eigenvalue weighted by atomic mass is 10.1. The zero-order valence-electron chi connectivity index (χ0n) is 11.3. The Morgan fingerprint density at radius 3 is 2.67 bits per heavy atom. The fourth-order valence-corrected chi connectivity index (χ4v) is 2.00. The van der Waals surface area contributed by atoms with Crippen LogP contribution in [0, 0.1) is 6.92 Å². The van der Waals surface area contributed by atoms with Crippen molar-refractivity contribution in [2.24, 2.45) is 12.8 Å². The first-order chi connectivity index (χ1) is 8.56. The predicted octanol–water partition coefficient (Wildman–Crippen LogP) is 1.30. The number of nitrogens with zero attached hydrogens (tertiary/aromatic N) is 2. The molecule has 0 aliphatic rings. The van der Waals surface area contributed by atoms with Crippen LogP contribution < -0.4 is 5.73 Å². The van der Waals surface area contributed by atoms with Crippen LogP contribution in [0.5, 0.6) is 0 Å². The Labute approximate surface area is 113 Å². The predicted molar refractivity (Wildman–Crippen MR) is 71.9 cm³/mol. The molecule has 104 valence electrons. The van der Waals surface area contributed by atoms with Crippen LogP contribution in [-0.2, 0) is 22.9 Å². The van der Waals surface area contributed by atoms with E-state index in [9.17, 15) is 0 Å². The largest absolute Gasteiger partial charge is 0.382 e. The summed E-state index contributed by atoms with van der Waals surface area (Å²) < 4.78 is 12.0. The molecule has 0 bridgehead atoms. The zero-order valence-corrected chi connectivity index (χ0v) is 12.0. The number of hydrogen-bond donors (Lipinski definition) is 1. The van der Waals surface area contributed by atoms with E-state index in [-0.39, 0.29) is 6.04 Å². The summed E-state index contributed by atoms with van der Waals surface area (Å²) >= 11 is 6.16. The molecule has 0 fully saturated rings. The second-order valence-electron chi connectivity index (χ2n) is 4.34. The molecular formula is C12H22ClN3O2. The Morgan fingerprint density at radius 2 is 2.11 bits per heavy atom. The summed E-state index contributed by atoms with van der Waals surface area (Å²) in [6, 6.07) is 0.0351. The SMILES string of the molecule is COCCOCCC(N)Cc1c(C)nn(C)c1Cl. The van der Waals surface area contributed by atoms with Gasteiger partial charge in [-0.2, -0.15) is 5.10 Å². The number of aryl methyl sites for hydroxylation is 2. The van der Waals surface area contributed by atoms with Crippen molar-refractivity contribution < 1.29 is 9.47 Å². The summed E-state index contributed by atoms with van der Waals surface area (Å²) in [5.41, 5.74) is 8.03. The molecule has 1 heterocycles. The van der Waals surface area contributed by atoms with E-state index in [2.05, 4.69) is 5.10 Å². The van der Waals surface area contributed by atoms with E-state index in [0.29, 0.717) is 25.0 Å². The lowest BCUT2D eigenvalue weighted by molar-refractivity contribution is 0.0672. The number of hydrogen-bond acceptors (Lipinski definition) is 4. The normalized spacial score (nSPS) is 12.9. The highest BCUT2D eigenvalue weighted by molar-refractivity contribution is 6.30. The molecular weight excluding hydrogens is 254 g/mol. The zero-order chi connectivity index (χ0) is 13.5. The van der Waals surface area contributed by atoms with Gasteiger partial charge in [0.2, 0.25) is 0 Å². The van der Waals surface area contributed by atoms with Crippen molar-refractivity contribution in [1.29, 1.82) is 0 Å². The second-order valence-corrected chi connectivity index (χ2v) is 4.69. The molecule has 0 radical (unpaired) electrons. The lowest BCUT2D eigenvalue weighted by Crippen LogP contribution is -2.25. The summed E-state index contributed by atoms with van der Waals surface area (Å²) in [7, 11) is 3.49. The van der Waals surface area contributed by atoms with Crippen LogP contribution in [0.25, 0.3) is 0 Å². The summed E-state index contributed by atoms with van der Waals surface area (Å²) in [6.45, 7) is 3.81. The van der Waals surface area contributed by atoms with E-state index in [1.54, 1.807) is 11.8 Å². The van der Waals surface area contributed by atoms with Crippen molar-refractivity contribution in [2.45, 2.75) is 25.8 Å². The molecule has 0 saturated heterocycles. The molecule has 1 aromatic rings. The lowest BCUT2D eigenvalue weighted by Gasteiger charge is -2.11. The topological polar surface area (TPSA) is 62.3 Å². The van der Waals surface area contributed by atoms with Crippen molar-refractivity contribution in [1.82, 2.24) is 9.78 Å². The van der Waals surface area contributed by atoms with E-state index >= 15 is 0 Å². The van der Waals surface area contributed by atoms with Crippen molar-refractivity contribution in [3.05, 3.63) is 16.4 Å². The standard InChI is InChI=1S/C12H22ClN3O2/c1-9-11(12(13)16(2)15-9)8-10(14)4-5-18-7-6-17-3/h10H,4-8,14H2,1-3H3. The van der Waals surface area contributed by atoms with E-state index in [4.69, 9.17) is 26.8 Å². The van der Waals surface area contributed by atoms with Gasteiger partial charge in [-0.3, -0.25) is 4.68 Å². The van der Waals surface area contributed by atoms with E-state index in [0.717, 1.165) is 24.1 Å². The monoisotopic (exact) mass is 275 g/mol. The molecule has 0 aliphatic carbocycles. The summed E-state index contributed by atoms with van der Waals surface area (Å²) in [5.74, 6) is 0. The first kappa shape index (κ1) is 15.4. The van der Waals surface area contributed by atoms with Gasteiger partial charge in [-0.1, -0.05) is 11.6 Å². The van der Waals surface area contributed by atoms with Crippen LogP contribution in [0.4, 0.5) is 0 Å². The first-order valence-corrected chi connectivity index (χ1v) is 6.44. The van der Waals surface area contributed by atoms with Gasteiger partial charge in [0.1, 0.15) is 5.15 Å². The third kappa shape index (κ3) is 4.57. The smallest absolute Gasteiger partial charge is 0.130 e. The second kappa shape index (κ2) is 7.74. The maximum Gasteiger partial charge on any atom is 0.130 e. The molecule has 2 N–H and O–H groups in total. The number of ether oxygens (including phenoxy) is 2. The quantitative estimate of drug-likeness (QED) is 0.727. The van der Waals surface area contributed by atoms with Crippen molar-refractivity contribution >= 4 is 11.6 Å². The minimum atomic E-state index is 0.0351. The number of rotatable bonds is 8. The van der Waals surface area contributed by atoms with Crippen LogP contribution in [0.3, 0.4) is 0 Å². The molecule has 1 aromatic heterocycles. The van der Waals surface area contributed by atoms with Gasteiger partial charge in [-0.25, -0.2) is 0 Å². The molecule has 5 nitrogen and oxygen atoms in total. The molecule has 1 rings (SSSR count). The molecule has 1 atom stereocenters. The first-order valence-electron chi connectivity index (χ1n) is 6.06. The Hall–Kier alpha value is -0.620. The summed E-state index contributed by atoms with van der Waals surface area (Å²) in [4.78, 5) is 0. The third-order valence-corrected chi connectivity index (χ3v) is 3.27. The minimum absolute atomic E-state index is 0.0351. The molecule has 0 saturated carbocycles. The maximum absolute atomic E-state index is 6.16. The van der Waals surface area contributed by atoms with Crippen LogP contribution in [0.15, 0.2) is 0 Å². The number of nitrogens with two attached hydrogens (primary N) is 1. The molecule has 0 aromatic carbocycles. The Balaban J connectivity index is 2.33. The van der Waals surface area contributed by atoms with Gasteiger partial charge in [0.25, 0.3) is 0 Å². The molecule has 1 unspecified atom stereocenters. The average molecular weight is 276 g/mol. The number of methoxy groups -OCH3 is 1. The Bertz CT molecular complexity index is 368. The van der Waals surface area contributed by atoms with Gasteiger partial charge in [0.15, 0.2) is 0 Å². The highest BCUT2D eigenvalue weighted by atomic mass is 35.5. The van der Waals surface area contributed by atoms with Crippen molar-refractivity contribution in [3.63, 3.8) is 0 Å². The Kier molecular flexibility index (Phi) is 6.63. The van der Waals surface area contributed by atoms with Crippen LogP contribution in [-0.4, -0.2) is 42.8 Å². The molecule has 0 spiro atoms. The number of halogens is 1. The van der Waals surface area contributed by atoms with Crippen LogP contribution in [0.2, 0.25) is 5.15 Å². The van der Waals surface area contributed by atoms with Gasteiger partial charge in [-0.05, 0) is 19.8 Å². The fourth-order valence-electron chi connectivity index (χ4n) is 1.75. The third-order valence-electron chi connectivity index (χ3n) is 2.80. The summed E-state index contributed by atoms with van der Waals surface area (Å²) in [5, 5.41) is 4.94. The molecule has 6 heteroatoms. The van der Waals surface area contributed by atoms with Gasteiger partial charge >= 0.3 is 0 Å². The Morgan fingerprint density at radius 1 is 1.39 bits per heavy atom. The van der Waals surface area contributed by atoms with E-state index in [1.165, 1.54) is 0 Å². The number of aromatic nitrogens is 2. The van der Waals surface area contributed by atoms with Crippen molar-refractivity contribution in [2.75, 3.05) is 26.9 Å². The highest BCUT2D eigenvalue weighted by Gasteiger charge is 2.14. The van der Waals surface area contributed by atoms with Crippen LogP contribution >= 0.6 is 11.6 Å². The van der Waals surface area contributed by atoms with Gasteiger partial charge in [0, 0.05) is 32.4 Å². The molecule has 18 heavy (non-hydrogen) atoms. The van der Waals surface area contributed by atoms with E-state index < -0.39 is 0 Å². The van der Waals surface area contributed by atoms with Gasteiger partial charge < -0.3 is 15.2 Å². The van der Waals surface area contributed by atoms with Crippen molar-refractivity contribution in [3.8, 4) is 0 Å². The van der Waals surface area contributed by atoms with Gasteiger partial charge in [-0.15, -0.1) is 0 Å². The molecule has 0 amide bonds. The minimum Gasteiger partial charge on any atom is -0.382 e. The van der Waals surface area contributed by atoms with Gasteiger partial charge in [0.05, 0.1) is 18.9 Å². The maximum atomic E-state index is 6.16. The average Bonchev–Trinajstić information content (AvgIpc) is 2.56. The fraction of sp³-hybridized carbons (Fsp3) is 0.750. The van der Waals surface area contributed by atoms with E-state index in [1.807, 2.05) is 14.0 Å². The highest BCUT2D eigenvalue weighted by Crippen LogP contribution is 2.20. The van der Waals surface area contributed by atoms with Crippen LogP contribution in [0.1, 0.15) is 17.7 Å².